The fraction of sp³-hybridized carbons (Fsp3) is 0.588. The zero-order valence-corrected chi connectivity index (χ0v) is 13.2. The van der Waals surface area contributed by atoms with Gasteiger partial charge in [-0.15, -0.1) is 0 Å². The molecule has 0 bridgehead atoms. The van der Waals surface area contributed by atoms with Crippen LogP contribution in [0.5, 0.6) is 5.75 Å². The lowest BCUT2D eigenvalue weighted by Crippen LogP contribution is -2.53. The lowest BCUT2D eigenvalue weighted by atomic mass is 9.96. The highest BCUT2D eigenvalue weighted by Gasteiger charge is 2.41. The van der Waals surface area contributed by atoms with E-state index in [-0.39, 0.29) is 11.4 Å². The molecule has 1 unspecified atom stereocenters. The number of carbonyl (C=O) groups is 1. The van der Waals surface area contributed by atoms with Crippen molar-refractivity contribution in [1.29, 1.82) is 0 Å². The first-order valence-electron chi connectivity index (χ1n) is 7.66. The molecule has 4 heteroatoms. The van der Waals surface area contributed by atoms with Crippen LogP contribution in [0, 0.1) is 19.8 Å². The first-order valence-corrected chi connectivity index (χ1v) is 7.66. The number of rotatable bonds is 7. The third-order valence-electron chi connectivity index (χ3n) is 4.24. The first-order chi connectivity index (χ1) is 9.94. The van der Waals surface area contributed by atoms with E-state index in [2.05, 4.69) is 18.3 Å². The maximum atomic E-state index is 12.0. The van der Waals surface area contributed by atoms with Crippen molar-refractivity contribution >= 4 is 5.91 Å². The molecule has 1 aromatic rings. The molecule has 0 aromatic heterocycles. The van der Waals surface area contributed by atoms with Crippen LogP contribution in [0.25, 0.3) is 0 Å². The molecule has 21 heavy (non-hydrogen) atoms. The normalized spacial score (nSPS) is 17.1. The smallest absolute Gasteiger partial charge is 0.223 e. The molecule has 1 aliphatic carbocycles. The second-order valence-corrected chi connectivity index (χ2v) is 6.31. The SMILES string of the molecule is Cc1ccc(OCCC(=O)NC(C)(CN)C2CC2)c(C)c1. The van der Waals surface area contributed by atoms with Gasteiger partial charge in [0.05, 0.1) is 18.6 Å². The quantitative estimate of drug-likeness (QED) is 0.810. The Bertz CT molecular complexity index is 512. The second kappa shape index (κ2) is 6.48. The molecule has 0 radical (unpaired) electrons. The van der Waals surface area contributed by atoms with E-state index in [1.54, 1.807) is 0 Å². The molecule has 1 fully saturated rings. The Morgan fingerprint density at radius 1 is 1.43 bits per heavy atom. The molecule has 0 aliphatic heterocycles. The lowest BCUT2D eigenvalue weighted by Gasteiger charge is -2.29. The number of amides is 1. The van der Waals surface area contributed by atoms with Crippen molar-refractivity contribution in [1.82, 2.24) is 5.32 Å². The molecule has 4 nitrogen and oxygen atoms in total. The standard InChI is InChI=1S/C17H26N2O2/c1-12-4-7-15(13(2)10-12)21-9-8-16(20)19-17(3,11-18)14-5-6-14/h4,7,10,14H,5-6,8-9,11,18H2,1-3H3,(H,19,20). The van der Waals surface area contributed by atoms with E-state index in [1.807, 2.05) is 26.0 Å². The van der Waals surface area contributed by atoms with Gasteiger partial charge in [0.1, 0.15) is 5.75 Å². The Balaban J connectivity index is 1.79. The van der Waals surface area contributed by atoms with Crippen LogP contribution in [0.3, 0.4) is 0 Å². The summed E-state index contributed by atoms with van der Waals surface area (Å²) in [6.45, 7) is 6.98. The summed E-state index contributed by atoms with van der Waals surface area (Å²) in [6.07, 6.45) is 2.68. The highest BCUT2D eigenvalue weighted by molar-refractivity contribution is 5.77. The minimum absolute atomic E-state index is 0.0135. The van der Waals surface area contributed by atoms with Gasteiger partial charge in [0.2, 0.25) is 5.91 Å². The van der Waals surface area contributed by atoms with Gasteiger partial charge in [-0.05, 0) is 51.2 Å². The number of nitrogens with two attached hydrogens (primary N) is 1. The first kappa shape index (κ1) is 15.8. The molecule has 0 heterocycles. The predicted molar refractivity (Wildman–Crippen MR) is 84.4 cm³/mol. The van der Waals surface area contributed by atoms with E-state index in [0.29, 0.717) is 25.5 Å². The Morgan fingerprint density at radius 2 is 2.14 bits per heavy atom. The highest BCUT2D eigenvalue weighted by atomic mass is 16.5. The van der Waals surface area contributed by atoms with Crippen molar-refractivity contribution in [2.24, 2.45) is 11.7 Å². The third kappa shape index (κ3) is 4.21. The molecule has 0 spiro atoms. The molecule has 1 saturated carbocycles. The van der Waals surface area contributed by atoms with Gasteiger partial charge in [0.15, 0.2) is 0 Å². The van der Waals surface area contributed by atoms with E-state index in [1.165, 1.54) is 5.56 Å². The Kier molecular flexibility index (Phi) is 4.88. The minimum atomic E-state index is -0.253. The second-order valence-electron chi connectivity index (χ2n) is 6.31. The number of nitrogens with one attached hydrogen (secondary N) is 1. The molecule has 3 N–H and O–H groups in total. The van der Waals surface area contributed by atoms with Crippen LogP contribution in [0.2, 0.25) is 0 Å². The maximum Gasteiger partial charge on any atom is 0.223 e. The van der Waals surface area contributed by atoms with E-state index < -0.39 is 0 Å². The summed E-state index contributed by atoms with van der Waals surface area (Å²) in [5.74, 6) is 1.39. The summed E-state index contributed by atoms with van der Waals surface area (Å²) in [5.41, 5.74) is 7.86. The molecule has 2 rings (SSSR count). The number of aryl methyl sites for hydroxylation is 2. The van der Waals surface area contributed by atoms with Gasteiger partial charge in [0, 0.05) is 6.54 Å². The van der Waals surface area contributed by atoms with Crippen molar-refractivity contribution in [2.75, 3.05) is 13.2 Å². The van der Waals surface area contributed by atoms with E-state index >= 15 is 0 Å². The van der Waals surface area contributed by atoms with Crippen molar-refractivity contribution in [3.63, 3.8) is 0 Å². The molecule has 1 amide bonds. The van der Waals surface area contributed by atoms with Crippen molar-refractivity contribution in [2.45, 2.75) is 45.6 Å². The molecule has 0 saturated heterocycles. The van der Waals surface area contributed by atoms with E-state index in [0.717, 1.165) is 24.2 Å². The number of hydrogen-bond acceptors (Lipinski definition) is 3. The summed E-state index contributed by atoms with van der Waals surface area (Å²) in [4.78, 5) is 12.0. The van der Waals surface area contributed by atoms with Crippen LogP contribution in [0.15, 0.2) is 18.2 Å². The topological polar surface area (TPSA) is 64.3 Å². The Hall–Kier alpha value is -1.55. The molecule has 1 aliphatic rings. The van der Waals surface area contributed by atoms with Crippen molar-refractivity contribution < 1.29 is 9.53 Å². The van der Waals surface area contributed by atoms with Gasteiger partial charge in [0.25, 0.3) is 0 Å². The maximum absolute atomic E-state index is 12.0. The van der Waals surface area contributed by atoms with Gasteiger partial charge < -0.3 is 15.8 Å². The summed E-state index contributed by atoms with van der Waals surface area (Å²) < 4.78 is 5.69. The van der Waals surface area contributed by atoms with Crippen LogP contribution < -0.4 is 15.8 Å². The summed E-state index contributed by atoms with van der Waals surface area (Å²) >= 11 is 0. The fourth-order valence-corrected chi connectivity index (χ4v) is 2.64. The fourth-order valence-electron chi connectivity index (χ4n) is 2.64. The average Bonchev–Trinajstić information content (AvgIpc) is 3.26. The van der Waals surface area contributed by atoms with Crippen molar-refractivity contribution in [3.8, 4) is 5.75 Å². The number of carbonyl (C=O) groups excluding carboxylic acids is 1. The monoisotopic (exact) mass is 290 g/mol. The van der Waals surface area contributed by atoms with Gasteiger partial charge in [-0.3, -0.25) is 4.79 Å². The van der Waals surface area contributed by atoms with Gasteiger partial charge in [-0.25, -0.2) is 0 Å². The molecule has 1 atom stereocenters. The van der Waals surface area contributed by atoms with Crippen LogP contribution in [0.4, 0.5) is 0 Å². The van der Waals surface area contributed by atoms with Gasteiger partial charge >= 0.3 is 0 Å². The van der Waals surface area contributed by atoms with Gasteiger partial charge in [-0.1, -0.05) is 17.7 Å². The van der Waals surface area contributed by atoms with Crippen molar-refractivity contribution in [3.05, 3.63) is 29.3 Å². The lowest BCUT2D eigenvalue weighted by molar-refractivity contribution is -0.123. The zero-order chi connectivity index (χ0) is 15.5. The average molecular weight is 290 g/mol. The van der Waals surface area contributed by atoms with E-state index in [9.17, 15) is 4.79 Å². The Morgan fingerprint density at radius 3 is 2.71 bits per heavy atom. The summed E-state index contributed by atoms with van der Waals surface area (Å²) in [7, 11) is 0. The molecular formula is C17H26N2O2. The number of ether oxygens (including phenoxy) is 1. The molecular weight excluding hydrogens is 264 g/mol. The predicted octanol–water partition coefficient (Wildman–Crippen LogP) is 2.32. The number of benzene rings is 1. The zero-order valence-electron chi connectivity index (χ0n) is 13.2. The third-order valence-corrected chi connectivity index (χ3v) is 4.24. The van der Waals surface area contributed by atoms with Crippen LogP contribution in [-0.2, 0) is 4.79 Å². The summed E-state index contributed by atoms with van der Waals surface area (Å²) in [6, 6.07) is 6.05. The largest absolute Gasteiger partial charge is 0.493 e. The highest BCUT2D eigenvalue weighted by Crippen LogP contribution is 2.38. The van der Waals surface area contributed by atoms with Crippen LogP contribution >= 0.6 is 0 Å². The number of hydrogen-bond donors (Lipinski definition) is 2. The molecule has 116 valence electrons. The van der Waals surface area contributed by atoms with E-state index in [4.69, 9.17) is 10.5 Å². The molecule has 1 aromatic carbocycles. The van der Waals surface area contributed by atoms with Crippen LogP contribution in [-0.4, -0.2) is 24.6 Å². The summed E-state index contributed by atoms with van der Waals surface area (Å²) in [5, 5.41) is 3.07. The van der Waals surface area contributed by atoms with Gasteiger partial charge in [-0.2, -0.15) is 0 Å². The Labute approximate surface area is 127 Å². The van der Waals surface area contributed by atoms with Crippen LogP contribution in [0.1, 0.15) is 37.3 Å². The minimum Gasteiger partial charge on any atom is -0.493 e.